The van der Waals surface area contributed by atoms with E-state index >= 15 is 0 Å². The maximum atomic E-state index is 11.0. The van der Waals surface area contributed by atoms with Crippen LogP contribution in [-0.4, -0.2) is 48.1 Å². The lowest BCUT2D eigenvalue weighted by Crippen LogP contribution is -2.31. The fraction of sp³-hybridized carbons (Fsp3) is 0.583. The Hall–Kier alpha value is -1.89. The summed E-state index contributed by atoms with van der Waals surface area (Å²) in [5, 5.41) is 14.0. The monoisotopic (exact) mass is 266 g/mol. The molecule has 0 saturated carbocycles. The molecule has 7 nitrogen and oxygen atoms in total. The molecule has 1 saturated heterocycles. The summed E-state index contributed by atoms with van der Waals surface area (Å²) in [6, 6.07) is 3.30. The molecule has 0 radical (unpaired) electrons. The molecule has 0 bridgehead atoms. The first-order chi connectivity index (χ1) is 9.11. The van der Waals surface area contributed by atoms with E-state index in [1.807, 2.05) is 0 Å². The summed E-state index contributed by atoms with van der Waals surface area (Å²) in [5.41, 5.74) is -0.0264. The maximum Gasteiger partial charge on any atom is 0.311 e. The molecule has 1 aromatic heterocycles. The Balaban J connectivity index is 2.10. The van der Waals surface area contributed by atoms with Gasteiger partial charge in [0.25, 0.3) is 0 Å². The van der Waals surface area contributed by atoms with E-state index in [4.69, 9.17) is 4.74 Å². The lowest BCUT2D eigenvalue weighted by atomic mass is 10.2. The van der Waals surface area contributed by atoms with Crippen LogP contribution >= 0.6 is 0 Å². The number of likely N-dealkylation sites (N-methyl/N-ethyl adjacent to an activating group) is 1. The molecule has 7 heteroatoms. The number of nitrogens with zero attached hydrogens (tertiary/aromatic N) is 3. The average Bonchev–Trinajstić information content (AvgIpc) is 2.81. The minimum absolute atomic E-state index is 0.0264. The number of rotatable bonds is 5. The minimum Gasteiger partial charge on any atom is -0.481 e. The summed E-state index contributed by atoms with van der Waals surface area (Å²) in [7, 11) is 3.55. The summed E-state index contributed by atoms with van der Waals surface area (Å²) in [6.07, 6.45) is 2.26. The van der Waals surface area contributed by atoms with Crippen LogP contribution in [0.25, 0.3) is 0 Å². The fourth-order valence-corrected chi connectivity index (χ4v) is 2.28. The van der Waals surface area contributed by atoms with E-state index in [-0.39, 0.29) is 11.5 Å². The van der Waals surface area contributed by atoms with Crippen molar-refractivity contribution in [2.24, 2.45) is 0 Å². The van der Waals surface area contributed by atoms with Crippen molar-refractivity contribution < 1.29 is 9.66 Å². The van der Waals surface area contributed by atoms with Crippen LogP contribution in [0.15, 0.2) is 12.1 Å². The van der Waals surface area contributed by atoms with Crippen LogP contribution in [0.4, 0.5) is 11.5 Å². The second-order valence-corrected chi connectivity index (χ2v) is 4.64. The molecule has 0 spiro atoms. The highest BCUT2D eigenvalue weighted by Crippen LogP contribution is 2.25. The Morgan fingerprint density at radius 3 is 3.00 bits per heavy atom. The lowest BCUT2D eigenvalue weighted by molar-refractivity contribution is -0.384. The topological polar surface area (TPSA) is 80.5 Å². The first-order valence-electron chi connectivity index (χ1n) is 6.25. The van der Waals surface area contributed by atoms with Gasteiger partial charge in [0, 0.05) is 24.7 Å². The number of likely N-dealkylation sites (tertiary alicyclic amines) is 1. The highest BCUT2D eigenvalue weighted by atomic mass is 16.6. The predicted molar refractivity (Wildman–Crippen MR) is 71.6 cm³/mol. The van der Waals surface area contributed by atoms with Crippen LogP contribution in [0, 0.1) is 10.1 Å². The van der Waals surface area contributed by atoms with Gasteiger partial charge in [-0.05, 0) is 26.4 Å². The quantitative estimate of drug-likeness (QED) is 0.642. The number of nitro groups is 1. The standard InChI is InChI=1S/C12H18N4O3/c1-15-7-3-4-9(15)8-13-12-10(16(17)18)5-6-11(14-12)19-2/h5-6,9H,3-4,7-8H2,1-2H3,(H,13,14). The van der Waals surface area contributed by atoms with Crippen molar-refractivity contribution in [2.45, 2.75) is 18.9 Å². The van der Waals surface area contributed by atoms with E-state index in [0.29, 0.717) is 18.5 Å². The molecule has 0 amide bonds. The third-order valence-electron chi connectivity index (χ3n) is 3.43. The van der Waals surface area contributed by atoms with E-state index in [9.17, 15) is 10.1 Å². The van der Waals surface area contributed by atoms with Gasteiger partial charge in [-0.25, -0.2) is 0 Å². The molecule has 1 unspecified atom stereocenters. The van der Waals surface area contributed by atoms with Gasteiger partial charge in [0.1, 0.15) is 0 Å². The number of nitrogens with one attached hydrogen (secondary N) is 1. The molecule has 0 aliphatic carbocycles. The summed E-state index contributed by atoms with van der Waals surface area (Å²) in [4.78, 5) is 16.9. The zero-order valence-corrected chi connectivity index (χ0v) is 11.1. The van der Waals surface area contributed by atoms with Gasteiger partial charge in [-0.3, -0.25) is 10.1 Å². The third kappa shape index (κ3) is 3.11. The van der Waals surface area contributed by atoms with Gasteiger partial charge in [0.15, 0.2) is 0 Å². The first-order valence-corrected chi connectivity index (χ1v) is 6.25. The Labute approximate surface area is 111 Å². The largest absolute Gasteiger partial charge is 0.481 e. The van der Waals surface area contributed by atoms with E-state index in [2.05, 4.69) is 22.2 Å². The molecular weight excluding hydrogens is 248 g/mol. The van der Waals surface area contributed by atoms with E-state index in [1.54, 1.807) is 0 Å². The number of aromatic nitrogens is 1. The van der Waals surface area contributed by atoms with Crippen LogP contribution in [0.3, 0.4) is 0 Å². The molecule has 2 heterocycles. The number of hydrogen-bond acceptors (Lipinski definition) is 6. The second kappa shape index (κ2) is 5.83. The second-order valence-electron chi connectivity index (χ2n) is 4.64. The summed E-state index contributed by atoms with van der Waals surface area (Å²) >= 11 is 0. The number of methoxy groups -OCH3 is 1. The van der Waals surface area contributed by atoms with Crippen molar-refractivity contribution in [2.75, 3.05) is 32.6 Å². The van der Waals surface area contributed by atoms with Gasteiger partial charge >= 0.3 is 5.69 Å². The van der Waals surface area contributed by atoms with E-state index < -0.39 is 4.92 Å². The molecule has 19 heavy (non-hydrogen) atoms. The number of pyridine rings is 1. The van der Waals surface area contributed by atoms with Crippen molar-refractivity contribution in [3.8, 4) is 5.88 Å². The molecule has 1 fully saturated rings. The summed E-state index contributed by atoms with van der Waals surface area (Å²) in [6.45, 7) is 1.72. The molecule has 1 aromatic rings. The molecule has 2 rings (SSSR count). The Morgan fingerprint density at radius 1 is 1.63 bits per heavy atom. The van der Waals surface area contributed by atoms with Crippen molar-refractivity contribution in [3.63, 3.8) is 0 Å². The first kappa shape index (κ1) is 13.5. The van der Waals surface area contributed by atoms with Crippen LogP contribution in [0.5, 0.6) is 5.88 Å². The van der Waals surface area contributed by atoms with Crippen LogP contribution < -0.4 is 10.1 Å². The SMILES string of the molecule is COc1ccc([N+](=O)[O-])c(NCC2CCCN2C)n1. The number of ether oxygens (including phenoxy) is 1. The summed E-state index contributed by atoms with van der Waals surface area (Å²) < 4.78 is 5.00. The van der Waals surface area contributed by atoms with E-state index in [0.717, 1.165) is 19.4 Å². The van der Waals surface area contributed by atoms with Crippen molar-refractivity contribution in [3.05, 3.63) is 22.2 Å². The minimum atomic E-state index is -0.437. The van der Waals surface area contributed by atoms with Gasteiger partial charge < -0.3 is 15.0 Å². The van der Waals surface area contributed by atoms with Crippen molar-refractivity contribution in [1.82, 2.24) is 9.88 Å². The van der Waals surface area contributed by atoms with Crippen LogP contribution in [0.2, 0.25) is 0 Å². The Kier molecular flexibility index (Phi) is 4.16. The van der Waals surface area contributed by atoms with Gasteiger partial charge in [-0.15, -0.1) is 0 Å². The van der Waals surface area contributed by atoms with Gasteiger partial charge in [-0.1, -0.05) is 0 Å². The number of hydrogen-bond donors (Lipinski definition) is 1. The average molecular weight is 266 g/mol. The van der Waals surface area contributed by atoms with Gasteiger partial charge in [0.2, 0.25) is 11.7 Å². The van der Waals surface area contributed by atoms with Crippen LogP contribution in [-0.2, 0) is 0 Å². The maximum absolute atomic E-state index is 11.0. The fourth-order valence-electron chi connectivity index (χ4n) is 2.28. The molecule has 1 atom stereocenters. The molecule has 1 aliphatic heterocycles. The molecule has 104 valence electrons. The normalized spacial score (nSPS) is 19.4. The highest BCUT2D eigenvalue weighted by molar-refractivity contribution is 5.57. The number of anilines is 1. The molecule has 0 aromatic carbocycles. The highest BCUT2D eigenvalue weighted by Gasteiger charge is 2.22. The Morgan fingerprint density at radius 2 is 2.42 bits per heavy atom. The molecule has 1 N–H and O–H groups in total. The molecular formula is C12H18N4O3. The molecule has 1 aliphatic rings. The zero-order chi connectivity index (χ0) is 13.8. The van der Waals surface area contributed by atoms with Crippen molar-refractivity contribution >= 4 is 11.5 Å². The van der Waals surface area contributed by atoms with E-state index in [1.165, 1.54) is 19.2 Å². The lowest BCUT2D eigenvalue weighted by Gasteiger charge is -2.19. The zero-order valence-electron chi connectivity index (χ0n) is 11.1. The Bertz CT molecular complexity index is 466. The van der Waals surface area contributed by atoms with Crippen molar-refractivity contribution in [1.29, 1.82) is 0 Å². The van der Waals surface area contributed by atoms with Crippen LogP contribution in [0.1, 0.15) is 12.8 Å². The van der Waals surface area contributed by atoms with Gasteiger partial charge in [0.05, 0.1) is 12.0 Å². The third-order valence-corrected chi connectivity index (χ3v) is 3.43. The van der Waals surface area contributed by atoms with Gasteiger partial charge in [-0.2, -0.15) is 4.98 Å². The smallest absolute Gasteiger partial charge is 0.311 e. The summed E-state index contributed by atoms with van der Waals surface area (Å²) in [5.74, 6) is 0.637. The predicted octanol–water partition coefficient (Wildman–Crippen LogP) is 1.50.